The van der Waals surface area contributed by atoms with Crippen LogP contribution in [-0.2, 0) is 91.5 Å². The fourth-order valence-corrected chi connectivity index (χ4v) is 8.40. The molecule has 20 heteroatoms. The molecule has 2 unspecified atom stereocenters. The van der Waals surface area contributed by atoms with E-state index in [1.54, 1.807) is 26.6 Å². The molecule has 0 aliphatic rings. The molecule has 0 aliphatic carbocycles. The number of nitrogen functional groups attached to an aromatic ring is 4. The summed E-state index contributed by atoms with van der Waals surface area (Å²) in [5, 5.41) is 19.7. The molecule has 4 aromatic rings. The van der Waals surface area contributed by atoms with Crippen LogP contribution in [0, 0.1) is 29.7 Å². The van der Waals surface area contributed by atoms with Gasteiger partial charge < -0.3 is 81.8 Å². The maximum atomic E-state index is 9.85. The second-order valence-corrected chi connectivity index (χ2v) is 17.3. The average molecular weight is 1150 g/mol. The van der Waals surface area contributed by atoms with Gasteiger partial charge in [-0.05, 0) is 73.4 Å². The third-order valence-electron chi connectivity index (χ3n) is 9.43. The molecule has 4 rings (SSSR count). The Morgan fingerprint density at radius 3 is 1.41 bits per heavy atom. The summed E-state index contributed by atoms with van der Waals surface area (Å²) < 4.78 is 23.0. The molecule has 370 valence electrons. The molecular weight excluding hydrogens is 1070 g/mol. The summed E-state index contributed by atoms with van der Waals surface area (Å²) in [7, 11) is 4.59. The minimum absolute atomic E-state index is 0. The summed E-state index contributed by atoms with van der Waals surface area (Å²) in [6, 6.07) is 7.58. The second-order valence-electron chi connectivity index (χ2n) is 14.0. The first-order chi connectivity index (χ1) is 29.2. The number of nitrogens with two attached hydrogens (primary N) is 4. The smallest absolute Gasteiger partial charge is 0.221 e. The van der Waals surface area contributed by atoms with Crippen molar-refractivity contribution in [3.8, 4) is 23.0 Å². The molecule has 0 amide bonds. The van der Waals surface area contributed by atoms with E-state index in [2.05, 4.69) is 19.9 Å². The third kappa shape index (κ3) is 26.5. The fourth-order valence-electron chi connectivity index (χ4n) is 6.23. The summed E-state index contributed by atoms with van der Waals surface area (Å²) in [5.74, 6) is 4.90. The summed E-state index contributed by atoms with van der Waals surface area (Å²) in [6.07, 6.45) is 19.8. The van der Waals surface area contributed by atoms with Gasteiger partial charge in [-0.15, -0.1) is 23.2 Å². The molecular formula is C46H76Cl2N8O6P2Y2-4. The van der Waals surface area contributed by atoms with Gasteiger partial charge in [0, 0.05) is 119 Å². The third-order valence-corrected chi connectivity index (χ3v) is 12.1. The zero-order valence-electron chi connectivity index (χ0n) is 40.1. The van der Waals surface area contributed by atoms with Crippen LogP contribution < -0.4 is 41.9 Å². The van der Waals surface area contributed by atoms with Gasteiger partial charge in [-0.3, -0.25) is 0 Å². The molecule has 66 heavy (non-hydrogen) atoms. The standard InChI is InChI=1S/2C21H32ClN4O3P.4CH3.2Y/c1-28-18-10-15(9-16-12-25-21(24)26-20(16)23)11-19(17(18)13-27)29-14-30-8-6-4-2-3-5-7-22;1-28-18-11-15(9-16-12-25-21(24)26-20(16)23)10-17(13-27)19(18)29-14-30-8-6-4-2-3-5-7-22;;;;;;/h2*10-12,27,30H,2-9,13-14H2,1H3,(H4,23,24,25,26);4*1H3;;/q;;4*-1;;. The summed E-state index contributed by atoms with van der Waals surface area (Å²) in [6.45, 7) is -0.299. The van der Waals surface area contributed by atoms with E-state index < -0.39 is 0 Å². The van der Waals surface area contributed by atoms with E-state index in [4.69, 9.17) is 65.1 Å². The van der Waals surface area contributed by atoms with Gasteiger partial charge in [-0.25, -0.2) is 9.97 Å². The normalized spacial score (nSPS) is 10.3. The summed E-state index contributed by atoms with van der Waals surface area (Å²) in [4.78, 5) is 16.0. The number of nitrogens with zero attached hydrogens (tertiary/aromatic N) is 4. The number of aliphatic hydroxyl groups is 2. The maximum absolute atomic E-state index is 9.85. The minimum Gasteiger partial charge on any atom is -0.496 e. The number of hydrogen-bond acceptors (Lipinski definition) is 14. The molecule has 0 bridgehead atoms. The molecule has 2 heterocycles. The van der Waals surface area contributed by atoms with E-state index in [1.165, 1.54) is 51.4 Å². The quantitative estimate of drug-likeness (QED) is 0.0135. The van der Waals surface area contributed by atoms with Crippen molar-refractivity contribution in [3.63, 3.8) is 0 Å². The van der Waals surface area contributed by atoms with Gasteiger partial charge in [0.2, 0.25) is 11.9 Å². The van der Waals surface area contributed by atoms with Gasteiger partial charge in [0.15, 0.2) is 11.5 Å². The number of benzene rings is 2. The summed E-state index contributed by atoms with van der Waals surface area (Å²) in [5.41, 5.74) is 27.7. The molecule has 0 spiro atoms. The molecule has 0 saturated heterocycles. The zero-order valence-corrected chi connectivity index (χ0v) is 49.3. The Morgan fingerprint density at radius 2 is 0.970 bits per heavy atom. The van der Waals surface area contributed by atoms with Gasteiger partial charge >= 0.3 is 0 Å². The Hall–Kier alpha value is -1.43. The summed E-state index contributed by atoms with van der Waals surface area (Å²) >= 11 is 11.4. The van der Waals surface area contributed by atoms with Crippen LogP contribution in [0.1, 0.15) is 97.6 Å². The molecule has 2 atom stereocenters. The number of aromatic nitrogens is 4. The second kappa shape index (κ2) is 42.4. The number of hydrogen-bond donors (Lipinski definition) is 6. The molecule has 10 N–H and O–H groups in total. The number of ether oxygens (including phenoxy) is 4. The molecule has 14 nitrogen and oxygen atoms in total. The Balaban J connectivity index is -0.000000534. The largest absolute Gasteiger partial charge is 0.496 e. The number of alkyl halides is 2. The van der Waals surface area contributed by atoms with Crippen LogP contribution in [0.25, 0.3) is 0 Å². The van der Waals surface area contributed by atoms with Gasteiger partial charge in [0.05, 0.1) is 33.0 Å². The maximum Gasteiger partial charge on any atom is 0.221 e. The number of rotatable bonds is 28. The van der Waals surface area contributed by atoms with Gasteiger partial charge in [0.25, 0.3) is 0 Å². The van der Waals surface area contributed by atoms with Crippen LogP contribution >= 0.6 is 40.4 Å². The van der Waals surface area contributed by atoms with Crippen LogP contribution in [0.15, 0.2) is 36.7 Å². The number of unbranched alkanes of at least 4 members (excludes halogenated alkanes) is 8. The van der Waals surface area contributed by atoms with Gasteiger partial charge in [0.1, 0.15) is 35.8 Å². The Kier molecular flexibility index (Phi) is 45.7. The first kappa shape index (κ1) is 71.1. The van der Waals surface area contributed by atoms with Crippen LogP contribution in [0.3, 0.4) is 0 Å². The predicted octanol–water partition coefficient (Wildman–Crippen LogP) is 9.67. The van der Waals surface area contributed by atoms with E-state index in [9.17, 15) is 10.2 Å². The first-order valence-corrected chi connectivity index (χ1v) is 24.2. The van der Waals surface area contributed by atoms with Crippen molar-refractivity contribution in [3.05, 3.63) is 99.7 Å². The zero-order chi connectivity index (χ0) is 43.5. The number of methoxy groups -OCH3 is 2. The average Bonchev–Trinajstić information content (AvgIpc) is 3.24. The van der Waals surface area contributed by atoms with Crippen LogP contribution in [-0.4, -0.2) is 81.1 Å². The topological polar surface area (TPSA) is 233 Å². The monoisotopic (exact) mass is 1150 g/mol. The van der Waals surface area contributed by atoms with E-state index >= 15 is 0 Å². The molecule has 2 aromatic heterocycles. The van der Waals surface area contributed by atoms with Crippen molar-refractivity contribution in [2.45, 2.75) is 90.3 Å². The van der Waals surface area contributed by atoms with E-state index in [-0.39, 0.29) is 120 Å². The van der Waals surface area contributed by atoms with Crippen molar-refractivity contribution in [2.24, 2.45) is 0 Å². The van der Waals surface area contributed by atoms with Gasteiger partial charge in [-0.1, -0.05) is 55.7 Å². The number of anilines is 4. The first-order valence-electron chi connectivity index (χ1n) is 20.3. The van der Waals surface area contributed by atoms with Crippen LogP contribution in [0.4, 0.5) is 23.5 Å². The molecule has 0 fully saturated rings. The molecule has 2 aromatic carbocycles. The SMILES string of the molecule is COc1cc(Cc2cnc(N)nc2N)cc(CO)c1OCPCCCCCCCCl.COc1cc(Cc2cnc(N)nc2N)cc(OCPCCCCCCCCl)c1CO.[CH3-].[CH3-].[CH3-].[CH3-].[Y].[Y]. The van der Waals surface area contributed by atoms with Crippen molar-refractivity contribution in [1.82, 2.24) is 19.9 Å². The molecule has 0 saturated carbocycles. The number of halogens is 2. The van der Waals surface area contributed by atoms with E-state index in [0.717, 1.165) is 59.2 Å². The Bertz CT molecular complexity index is 1840. The molecule has 0 aliphatic heterocycles. The Morgan fingerprint density at radius 1 is 0.545 bits per heavy atom. The van der Waals surface area contributed by atoms with Crippen molar-refractivity contribution in [1.29, 1.82) is 0 Å². The Labute approximate surface area is 461 Å². The van der Waals surface area contributed by atoms with Gasteiger partial charge in [-0.2, -0.15) is 9.97 Å². The van der Waals surface area contributed by atoms with Crippen molar-refractivity contribution < 1.29 is 94.6 Å². The number of aliphatic hydroxyl groups excluding tert-OH is 2. The van der Waals surface area contributed by atoms with Crippen molar-refractivity contribution in [2.75, 3.05) is 73.9 Å². The fraction of sp³-hybridized carbons (Fsp3) is 0.478. The predicted molar refractivity (Wildman–Crippen MR) is 276 cm³/mol. The van der Waals surface area contributed by atoms with Crippen molar-refractivity contribution >= 4 is 63.9 Å². The van der Waals surface area contributed by atoms with Crippen LogP contribution in [0.2, 0.25) is 0 Å². The minimum atomic E-state index is -0.157. The van der Waals surface area contributed by atoms with E-state index in [0.29, 0.717) is 88.5 Å². The van der Waals surface area contributed by atoms with E-state index in [1.807, 2.05) is 24.3 Å². The van der Waals surface area contributed by atoms with Crippen LogP contribution in [0.5, 0.6) is 23.0 Å². The molecule has 2 radical (unpaired) electrons.